The second-order valence-electron chi connectivity index (χ2n) is 4.66. The van der Waals surface area contributed by atoms with E-state index in [9.17, 15) is 0 Å². The molecule has 2 N–H and O–H groups in total. The molecular weight excluding hydrogens is 214 g/mol. The van der Waals surface area contributed by atoms with Crippen molar-refractivity contribution in [1.82, 2.24) is 9.88 Å². The standard InChI is InChI=1S/C13H21N3O/c1-14-13-12(3-2-6-15-13)10-16-7-4-11(9-16)5-8-17/h2-3,6,11,17H,4-5,7-10H2,1H3,(H,14,15). The Hall–Kier alpha value is -1.13. The van der Waals surface area contributed by atoms with Gasteiger partial charge < -0.3 is 10.4 Å². The van der Waals surface area contributed by atoms with Crippen molar-refractivity contribution in [2.24, 2.45) is 5.92 Å². The molecule has 2 rings (SSSR count). The molecule has 2 heterocycles. The number of aliphatic hydroxyl groups excluding tert-OH is 1. The quantitative estimate of drug-likeness (QED) is 0.808. The monoisotopic (exact) mass is 235 g/mol. The predicted molar refractivity (Wildman–Crippen MR) is 68.9 cm³/mol. The third kappa shape index (κ3) is 3.17. The Kier molecular flexibility index (Phi) is 4.34. The van der Waals surface area contributed by atoms with Gasteiger partial charge in [-0.2, -0.15) is 0 Å². The number of nitrogens with zero attached hydrogens (tertiary/aromatic N) is 2. The van der Waals surface area contributed by atoms with Crippen LogP contribution in [-0.2, 0) is 6.54 Å². The zero-order valence-electron chi connectivity index (χ0n) is 10.4. The lowest BCUT2D eigenvalue weighted by Crippen LogP contribution is -2.21. The van der Waals surface area contributed by atoms with Gasteiger partial charge in [0, 0.05) is 38.5 Å². The Morgan fingerprint density at radius 2 is 2.47 bits per heavy atom. The van der Waals surface area contributed by atoms with Gasteiger partial charge in [-0.1, -0.05) is 6.07 Å². The highest BCUT2D eigenvalue weighted by atomic mass is 16.3. The van der Waals surface area contributed by atoms with Gasteiger partial charge in [-0.15, -0.1) is 0 Å². The molecule has 1 unspecified atom stereocenters. The highest BCUT2D eigenvalue weighted by Crippen LogP contribution is 2.22. The van der Waals surface area contributed by atoms with Crippen LogP contribution in [0.3, 0.4) is 0 Å². The number of anilines is 1. The number of hydrogen-bond donors (Lipinski definition) is 2. The fourth-order valence-corrected chi connectivity index (χ4v) is 2.51. The average Bonchev–Trinajstić information content (AvgIpc) is 2.78. The summed E-state index contributed by atoms with van der Waals surface area (Å²) in [5, 5.41) is 12.1. The van der Waals surface area contributed by atoms with E-state index in [0.29, 0.717) is 12.5 Å². The van der Waals surface area contributed by atoms with Gasteiger partial charge >= 0.3 is 0 Å². The van der Waals surface area contributed by atoms with Gasteiger partial charge in [0.1, 0.15) is 5.82 Å². The molecule has 0 radical (unpaired) electrons. The first-order chi connectivity index (χ1) is 8.33. The van der Waals surface area contributed by atoms with Crippen LogP contribution >= 0.6 is 0 Å². The Morgan fingerprint density at radius 3 is 3.24 bits per heavy atom. The molecule has 1 saturated heterocycles. The summed E-state index contributed by atoms with van der Waals surface area (Å²) in [6.07, 6.45) is 3.95. The average molecular weight is 235 g/mol. The minimum atomic E-state index is 0.313. The van der Waals surface area contributed by atoms with Crippen molar-refractivity contribution in [2.45, 2.75) is 19.4 Å². The fraction of sp³-hybridized carbons (Fsp3) is 0.615. The summed E-state index contributed by atoms with van der Waals surface area (Å²) >= 11 is 0. The maximum atomic E-state index is 8.95. The fourth-order valence-electron chi connectivity index (χ4n) is 2.51. The van der Waals surface area contributed by atoms with E-state index >= 15 is 0 Å². The molecule has 1 fully saturated rings. The van der Waals surface area contributed by atoms with Crippen LogP contribution in [0.4, 0.5) is 5.82 Å². The van der Waals surface area contributed by atoms with Gasteiger partial charge in [-0.25, -0.2) is 4.98 Å². The van der Waals surface area contributed by atoms with Crippen molar-refractivity contribution < 1.29 is 5.11 Å². The first-order valence-electron chi connectivity index (χ1n) is 6.28. The van der Waals surface area contributed by atoms with Crippen LogP contribution in [0.2, 0.25) is 0 Å². The van der Waals surface area contributed by atoms with E-state index in [0.717, 1.165) is 31.9 Å². The Balaban J connectivity index is 1.93. The van der Waals surface area contributed by atoms with Crippen LogP contribution in [0.5, 0.6) is 0 Å². The summed E-state index contributed by atoms with van der Waals surface area (Å²) in [6, 6.07) is 4.11. The maximum Gasteiger partial charge on any atom is 0.130 e. The van der Waals surface area contributed by atoms with Crippen LogP contribution in [0, 0.1) is 5.92 Å². The molecule has 0 aromatic carbocycles. The van der Waals surface area contributed by atoms with E-state index < -0.39 is 0 Å². The molecule has 94 valence electrons. The van der Waals surface area contributed by atoms with E-state index in [-0.39, 0.29) is 0 Å². The van der Waals surface area contributed by atoms with Gasteiger partial charge in [0.2, 0.25) is 0 Å². The predicted octanol–water partition coefficient (Wildman–Crippen LogP) is 1.33. The largest absolute Gasteiger partial charge is 0.396 e. The van der Waals surface area contributed by atoms with Crippen LogP contribution in [0.25, 0.3) is 0 Å². The van der Waals surface area contributed by atoms with Crippen LogP contribution in [0.1, 0.15) is 18.4 Å². The zero-order valence-corrected chi connectivity index (χ0v) is 10.4. The number of likely N-dealkylation sites (tertiary alicyclic amines) is 1. The minimum absolute atomic E-state index is 0.313. The van der Waals surface area contributed by atoms with Crippen LogP contribution in [0.15, 0.2) is 18.3 Å². The van der Waals surface area contributed by atoms with Gasteiger partial charge in [-0.3, -0.25) is 4.90 Å². The summed E-state index contributed by atoms with van der Waals surface area (Å²) in [5.74, 6) is 1.63. The van der Waals surface area contributed by atoms with Gasteiger partial charge in [0.05, 0.1) is 0 Å². The minimum Gasteiger partial charge on any atom is -0.396 e. The number of rotatable bonds is 5. The molecule has 1 atom stereocenters. The lowest BCUT2D eigenvalue weighted by Gasteiger charge is -2.17. The molecule has 17 heavy (non-hydrogen) atoms. The number of aliphatic hydroxyl groups is 1. The summed E-state index contributed by atoms with van der Waals surface area (Å²) in [6.45, 7) is 3.49. The lowest BCUT2D eigenvalue weighted by atomic mass is 10.1. The van der Waals surface area contributed by atoms with E-state index in [1.54, 1.807) is 0 Å². The second kappa shape index (κ2) is 5.98. The zero-order chi connectivity index (χ0) is 12.1. The maximum absolute atomic E-state index is 8.95. The molecule has 4 nitrogen and oxygen atoms in total. The van der Waals surface area contributed by atoms with E-state index in [1.165, 1.54) is 12.0 Å². The molecule has 0 saturated carbocycles. The first kappa shape index (κ1) is 12.3. The summed E-state index contributed by atoms with van der Waals surface area (Å²) in [4.78, 5) is 6.76. The van der Waals surface area contributed by atoms with Crippen molar-refractivity contribution in [3.05, 3.63) is 23.9 Å². The molecule has 0 spiro atoms. The summed E-state index contributed by atoms with van der Waals surface area (Å²) < 4.78 is 0. The molecule has 1 aliphatic rings. The Bertz CT molecular complexity index is 356. The molecular formula is C13H21N3O. The number of pyridine rings is 1. The van der Waals surface area contributed by atoms with Crippen molar-refractivity contribution in [2.75, 3.05) is 32.1 Å². The van der Waals surface area contributed by atoms with E-state index in [1.807, 2.05) is 19.3 Å². The topological polar surface area (TPSA) is 48.4 Å². The molecule has 0 bridgehead atoms. The second-order valence-corrected chi connectivity index (χ2v) is 4.66. The number of hydrogen-bond acceptors (Lipinski definition) is 4. The van der Waals surface area contributed by atoms with Crippen LogP contribution < -0.4 is 5.32 Å². The number of nitrogens with one attached hydrogen (secondary N) is 1. The third-order valence-electron chi connectivity index (χ3n) is 3.43. The Labute approximate surface area is 103 Å². The van der Waals surface area contributed by atoms with Crippen molar-refractivity contribution in [1.29, 1.82) is 0 Å². The summed E-state index contributed by atoms with van der Waals surface area (Å²) in [7, 11) is 1.91. The van der Waals surface area contributed by atoms with Crippen molar-refractivity contribution in [3.63, 3.8) is 0 Å². The molecule has 0 amide bonds. The number of aromatic nitrogens is 1. The SMILES string of the molecule is CNc1ncccc1CN1CCC(CCO)C1. The molecule has 4 heteroatoms. The van der Waals surface area contributed by atoms with E-state index in [4.69, 9.17) is 5.11 Å². The normalized spacial score (nSPS) is 20.7. The van der Waals surface area contributed by atoms with Gasteiger partial charge in [0.25, 0.3) is 0 Å². The Morgan fingerprint density at radius 1 is 1.59 bits per heavy atom. The first-order valence-corrected chi connectivity index (χ1v) is 6.28. The van der Waals surface area contributed by atoms with Crippen molar-refractivity contribution >= 4 is 5.82 Å². The molecule has 1 aliphatic heterocycles. The van der Waals surface area contributed by atoms with Gasteiger partial charge in [0.15, 0.2) is 0 Å². The van der Waals surface area contributed by atoms with Gasteiger partial charge in [-0.05, 0) is 31.4 Å². The highest BCUT2D eigenvalue weighted by molar-refractivity contribution is 5.42. The molecule has 1 aromatic rings. The molecule has 0 aliphatic carbocycles. The lowest BCUT2D eigenvalue weighted by molar-refractivity contribution is 0.249. The summed E-state index contributed by atoms with van der Waals surface area (Å²) in [5.41, 5.74) is 1.25. The van der Waals surface area contributed by atoms with Crippen LogP contribution in [-0.4, -0.2) is 41.7 Å². The third-order valence-corrected chi connectivity index (χ3v) is 3.43. The van der Waals surface area contributed by atoms with E-state index in [2.05, 4.69) is 21.3 Å². The van der Waals surface area contributed by atoms with Crippen molar-refractivity contribution in [3.8, 4) is 0 Å². The smallest absolute Gasteiger partial charge is 0.130 e. The highest BCUT2D eigenvalue weighted by Gasteiger charge is 2.22. The molecule has 1 aromatic heterocycles.